The number of hydrogen-bond acceptors (Lipinski definition) is 2. The molecule has 0 saturated heterocycles. The first-order valence-corrected chi connectivity index (χ1v) is 9.96. The summed E-state index contributed by atoms with van der Waals surface area (Å²) in [5.41, 5.74) is 1.19. The minimum absolute atomic E-state index is 0.0534. The van der Waals surface area contributed by atoms with Gasteiger partial charge in [0.15, 0.2) is 0 Å². The van der Waals surface area contributed by atoms with Crippen LogP contribution in [0.2, 0.25) is 0 Å². The second-order valence-corrected chi connectivity index (χ2v) is 7.94. The van der Waals surface area contributed by atoms with Crippen molar-refractivity contribution in [2.24, 2.45) is 0 Å². The molecule has 1 saturated carbocycles. The van der Waals surface area contributed by atoms with Crippen LogP contribution in [0.1, 0.15) is 31.2 Å². The highest BCUT2D eigenvalue weighted by atomic mass is 79.9. The molecule has 1 fully saturated rings. The van der Waals surface area contributed by atoms with Crippen LogP contribution in [0.5, 0.6) is 0 Å². The molecule has 4 nitrogen and oxygen atoms in total. The Labute approximate surface area is 167 Å². The monoisotopic (exact) mass is 434 g/mol. The summed E-state index contributed by atoms with van der Waals surface area (Å²) in [4.78, 5) is 16.5. The molecule has 0 spiro atoms. The smallest absolute Gasteiger partial charge is 0.324 e. The highest BCUT2D eigenvalue weighted by Crippen LogP contribution is 2.28. The molecule has 0 unspecified atom stereocenters. The van der Waals surface area contributed by atoms with E-state index in [4.69, 9.17) is 0 Å². The van der Waals surface area contributed by atoms with Crippen LogP contribution in [0, 0.1) is 5.82 Å². The number of halogens is 2. The summed E-state index contributed by atoms with van der Waals surface area (Å²) in [6, 6.07) is 14.1. The average molecular weight is 435 g/mol. The molecule has 0 aliphatic heterocycles. The molecule has 1 aliphatic rings. The molecule has 144 valence electrons. The Morgan fingerprint density at radius 1 is 1.15 bits per heavy atom. The van der Waals surface area contributed by atoms with Crippen molar-refractivity contribution in [2.75, 3.05) is 11.9 Å². The fraction of sp³-hybridized carbons (Fsp3) is 0.381. The fourth-order valence-corrected chi connectivity index (χ4v) is 3.85. The highest BCUT2D eigenvalue weighted by molar-refractivity contribution is 9.10. The van der Waals surface area contributed by atoms with Crippen LogP contribution >= 0.6 is 15.9 Å². The van der Waals surface area contributed by atoms with E-state index in [-0.39, 0.29) is 30.4 Å². The molecule has 2 aromatic carbocycles. The molecule has 27 heavy (non-hydrogen) atoms. The molecular weight excluding hydrogens is 411 g/mol. The number of nitrogens with zero attached hydrogens (tertiary/aromatic N) is 2. The minimum Gasteiger partial charge on any atom is -0.393 e. The third kappa shape index (κ3) is 4.87. The second-order valence-electron chi connectivity index (χ2n) is 7.02. The molecule has 2 aromatic rings. The standard InChI is InChI=1S/C21H24BrFN2O2/c1-24(17-8-10-18(26)11-9-17)21(27)25(14-15-5-3-2-4-6-15)20-12-7-16(22)13-19(20)23/h2-7,12-13,17-18,26H,8-11,14H2,1H3. The number of carbonyl (C=O) groups excluding carboxylic acids is 1. The first-order valence-electron chi connectivity index (χ1n) is 9.17. The molecule has 3 rings (SSSR count). The maximum absolute atomic E-state index is 14.6. The van der Waals surface area contributed by atoms with Crippen molar-refractivity contribution >= 4 is 27.6 Å². The molecular formula is C21H24BrFN2O2. The Morgan fingerprint density at radius 2 is 1.81 bits per heavy atom. The summed E-state index contributed by atoms with van der Waals surface area (Å²) < 4.78 is 15.3. The van der Waals surface area contributed by atoms with Gasteiger partial charge < -0.3 is 10.0 Å². The first-order chi connectivity index (χ1) is 13.0. The molecule has 1 N–H and O–H groups in total. The topological polar surface area (TPSA) is 43.8 Å². The van der Waals surface area contributed by atoms with Crippen LogP contribution in [0.3, 0.4) is 0 Å². The lowest BCUT2D eigenvalue weighted by atomic mass is 9.92. The Kier molecular flexibility index (Phi) is 6.50. The van der Waals surface area contributed by atoms with Crippen molar-refractivity contribution < 1.29 is 14.3 Å². The molecule has 6 heteroatoms. The minimum atomic E-state index is -0.443. The van der Waals surface area contributed by atoms with E-state index in [0.717, 1.165) is 18.4 Å². The van der Waals surface area contributed by atoms with Gasteiger partial charge in [-0.05, 0) is 49.4 Å². The highest BCUT2D eigenvalue weighted by Gasteiger charge is 2.30. The number of benzene rings is 2. The lowest BCUT2D eigenvalue weighted by Gasteiger charge is -2.36. The van der Waals surface area contributed by atoms with E-state index in [2.05, 4.69) is 15.9 Å². The molecule has 0 aromatic heterocycles. The van der Waals surface area contributed by atoms with Gasteiger partial charge >= 0.3 is 6.03 Å². The van der Waals surface area contributed by atoms with Gasteiger partial charge in [-0.3, -0.25) is 4.90 Å². The van der Waals surface area contributed by atoms with Crippen LogP contribution in [-0.2, 0) is 6.54 Å². The van der Waals surface area contributed by atoms with Gasteiger partial charge in [0.2, 0.25) is 0 Å². The zero-order valence-electron chi connectivity index (χ0n) is 15.3. The summed E-state index contributed by atoms with van der Waals surface area (Å²) in [7, 11) is 1.76. The van der Waals surface area contributed by atoms with Gasteiger partial charge in [-0.1, -0.05) is 46.3 Å². The largest absolute Gasteiger partial charge is 0.393 e. The molecule has 0 radical (unpaired) electrons. The van der Waals surface area contributed by atoms with Crippen LogP contribution in [0.4, 0.5) is 14.9 Å². The molecule has 0 atom stereocenters. The third-order valence-electron chi connectivity index (χ3n) is 5.13. The van der Waals surface area contributed by atoms with Gasteiger partial charge in [-0.15, -0.1) is 0 Å². The van der Waals surface area contributed by atoms with Crippen molar-refractivity contribution in [3.63, 3.8) is 0 Å². The van der Waals surface area contributed by atoms with Gasteiger partial charge in [0.1, 0.15) is 5.82 Å². The van der Waals surface area contributed by atoms with E-state index >= 15 is 0 Å². The number of rotatable bonds is 4. The number of carbonyl (C=O) groups is 1. The van der Waals surface area contributed by atoms with Crippen LogP contribution in [0.25, 0.3) is 0 Å². The third-order valence-corrected chi connectivity index (χ3v) is 5.62. The van der Waals surface area contributed by atoms with E-state index < -0.39 is 5.82 Å². The van der Waals surface area contributed by atoms with Crippen molar-refractivity contribution in [3.8, 4) is 0 Å². The van der Waals surface area contributed by atoms with Crippen LogP contribution in [0.15, 0.2) is 53.0 Å². The van der Waals surface area contributed by atoms with Gasteiger partial charge in [-0.2, -0.15) is 0 Å². The van der Waals surface area contributed by atoms with Crippen LogP contribution < -0.4 is 4.90 Å². The van der Waals surface area contributed by atoms with E-state index in [0.29, 0.717) is 17.3 Å². The van der Waals surface area contributed by atoms with Gasteiger partial charge in [-0.25, -0.2) is 9.18 Å². The second kappa shape index (κ2) is 8.85. The van der Waals surface area contributed by atoms with Crippen LogP contribution in [-0.4, -0.2) is 35.2 Å². The Hall–Kier alpha value is -1.92. The molecule has 0 bridgehead atoms. The van der Waals surface area contributed by atoms with E-state index in [1.165, 1.54) is 11.0 Å². The quantitative estimate of drug-likeness (QED) is 0.739. The zero-order valence-corrected chi connectivity index (χ0v) is 16.9. The summed E-state index contributed by atoms with van der Waals surface area (Å²) in [5, 5.41) is 9.72. The number of anilines is 1. The van der Waals surface area contributed by atoms with Gasteiger partial charge in [0, 0.05) is 17.6 Å². The summed E-state index contributed by atoms with van der Waals surface area (Å²) in [5.74, 6) is -0.443. The first kappa shape index (κ1) is 19.8. The Bertz CT molecular complexity index is 779. The van der Waals surface area contributed by atoms with Crippen molar-refractivity contribution in [1.29, 1.82) is 0 Å². The predicted molar refractivity (Wildman–Crippen MR) is 108 cm³/mol. The molecule has 0 heterocycles. The van der Waals surface area contributed by atoms with Gasteiger partial charge in [0.25, 0.3) is 0 Å². The lowest BCUT2D eigenvalue weighted by Crippen LogP contribution is -2.47. The lowest BCUT2D eigenvalue weighted by molar-refractivity contribution is 0.0930. The number of hydrogen-bond donors (Lipinski definition) is 1. The maximum atomic E-state index is 14.6. The van der Waals surface area contributed by atoms with Crippen molar-refractivity contribution in [2.45, 2.75) is 44.4 Å². The summed E-state index contributed by atoms with van der Waals surface area (Å²) >= 11 is 3.27. The number of urea groups is 1. The maximum Gasteiger partial charge on any atom is 0.324 e. The van der Waals surface area contributed by atoms with Gasteiger partial charge in [0.05, 0.1) is 18.3 Å². The molecule has 2 amide bonds. The number of amides is 2. The Balaban J connectivity index is 1.87. The average Bonchev–Trinajstić information content (AvgIpc) is 2.67. The zero-order chi connectivity index (χ0) is 19.4. The fourth-order valence-electron chi connectivity index (χ4n) is 3.51. The molecule has 1 aliphatic carbocycles. The van der Waals surface area contributed by atoms with E-state index in [9.17, 15) is 14.3 Å². The van der Waals surface area contributed by atoms with E-state index in [1.807, 2.05) is 30.3 Å². The van der Waals surface area contributed by atoms with Crippen molar-refractivity contribution in [1.82, 2.24) is 4.90 Å². The summed E-state index contributed by atoms with van der Waals surface area (Å²) in [6.07, 6.45) is 2.60. The number of aliphatic hydroxyl groups is 1. The number of aliphatic hydroxyl groups excluding tert-OH is 1. The Morgan fingerprint density at radius 3 is 2.44 bits per heavy atom. The predicted octanol–water partition coefficient (Wildman–Crippen LogP) is 4.95. The van der Waals surface area contributed by atoms with E-state index in [1.54, 1.807) is 24.1 Å². The SMILES string of the molecule is CN(C(=O)N(Cc1ccccc1)c1ccc(Br)cc1F)C1CCC(O)CC1. The van der Waals surface area contributed by atoms with Crippen molar-refractivity contribution in [3.05, 3.63) is 64.4 Å². The normalized spacial score (nSPS) is 19.6. The summed E-state index contributed by atoms with van der Waals surface area (Å²) in [6.45, 7) is 0.290.